The van der Waals surface area contributed by atoms with Crippen LogP contribution in [-0.2, 0) is 0 Å². The van der Waals surface area contributed by atoms with Gasteiger partial charge in [-0.3, -0.25) is 4.79 Å². The lowest BCUT2D eigenvalue weighted by Crippen LogP contribution is -2.12. The highest BCUT2D eigenvalue weighted by molar-refractivity contribution is 5.19. The van der Waals surface area contributed by atoms with Gasteiger partial charge < -0.3 is 4.98 Å². The number of aromatic amines is 1. The first-order valence-electron chi connectivity index (χ1n) is 3.80. The number of aromatic nitrogens is 1. The van der Waals surface area contributed by atoms with Crippen LogP contribution in [0.2, 0.25) is 0 Å². The van der Waals surface area contributed by atoms with Crippen LogP contribution in [0.5, 0.6) is 0 Å². The molecule has 60 valence electrons. The third kappa shape index (κ3) is 1.50. The molecule has 1 aromatic heterocycles. The normalized spacial score (nSPS) is 10.5. The van der Waals surface area contributed by atoms with Crippen molar-refractivity contribution < 1.29 is 0 Å². The highest BCUT2D eigenvalue weighted by Gasteiger charge is 2.04. The molecule has 2 nitrogen and oxygen atoms in total. The summed E-state index contributed by atoms with van der Waals surface area (Å²) in [5.41, 5.74) is 1.82. The first-order chi connectivity index (χ1) is 5.13. The number of H-pyrrole nitrogens is 1. The Morgan fingerprint density at radius 1 is 1.36 bits per heavy atom. The van der Waals surface area contributed by atoms with Gasteiger partial charge in [0.15, 0.2) is 5.43 Å². The molecule has 0 spiro atoms. The van der Waals surface area contributed by atoms with E-state index in [-0.39, 0.29) is 5.43 Å². The molecule has 1 heterocycles. The molecule has 0 radical (unpaired) electrons. The minimum atomic E-state index is 0.166. The quantitative estimate of drug-likeness (QED) is 0.652. The van der Waals surface area contributed by atoms with E-state index in [1.54, 1.807) is 12.4 Å². The lowest BCUT2D eigenvalue weighted by Gasteiger charge is -2.03. The molecule has 0 fully saturated rings. The summed E-state index contributed by atoms with van der Waals surface area (Å²) in [6.45, 7) is 5.86. The van der Waals surface area contributed by atoms with Crippen LogP contribution in [0.15, 0.2) is 17.2 Å². The van der Waals surface area contributed by atoms with Crippen LogP contribution in [0.4, 0.5) is 0 Å². The van der Waals surface area contributed by atoms with Gasteiger partial charge in [0, 0.05) is 23.5 Å². The maximum atomic E-state index is 11.4. The zero-order valence-corrected chi connectivity index (χ0v) is 7.14. The van der Waals surface area contributed by atoms with Crippen LogP contribution < -0.4 is 5.43 Å². The zero-order chi connectivity index (χ0) is 8.43. The Balaban J connectivity index is 3.28. The summed E-state index contributed by atoms with van der Waals surface area (Å²) in [6.07, 6.45) is 3.51. The highest BCUT2D eigenvalue weighted by Crippen LogP contribution is 2.07. The molecule has 0 atom stereocenters. The third-order valence-electron chi connectivity index (χ3n) is 1.78. The van der Waals surface area contributed by atoms with Gasteiger partial charge in [-0.25, -0.2) is 0 Å². The molecular formula is C9H13NO. The second kappa shape index (κ2) is 2.91. The molecule has 0 aliphatic carbocycles. The van der Waals surface area contributed by atoms with Gasteiger partial charge in [0.25, 0.3) is 0 Å². The van der Waals surface area contributed by atoms with Crippen LogP contribution in [0, 0.1) is 6.92 Å². The Hall–Kier alpha value is -1.05. The lowest BCUT2D eigenvalue weighted by molar-refractivity contribution is 0.844. The van der Waals surface area contributed by atoms with E-state index >= 15 is 0 Å². The Labute approximate surface area is 66.3 Å². The van der Waals surface area contributed by atoms with Crippen molar-refractivity contribution in [3.05, 3.63) is 33.7 Å². The Morgan fingerprint density at radius 3 is 2.45 bits per heavy atom. The van der Waals surface area contributed by atoms with Crippen molar-refractivity contribution in [1.82, 2.24) is 4.98 Å². The van der Waals surface area contributed by atoms with E-state index in [1.807, 2.05) is 20.8 Å². The first-order valence-corrected chi connectivity index (χ1v) is 3.80. The minimum Gasteiger partial charge on any atom is -0.367 e. The molecule has 0 saturated heterocycles. The van der Waals surface area contributed by atoms with Gasteiger partial charge in [-0.2, -0.15) is 0 Å². The van der Waals surface area contributed by atoms with Gasteiger partial charge >= 0.3 is 0 Å². The van der Waals surface area contributed by atoms with E-state index in [0.29, 0.717) is 5.92 Å². The zero-order valence-electron chi connectivity index (χ0n) is 7.14. The fourth-order valence-corrected chi connectivity index (χ4v) is 1.04. The van der Waals surface area contributed by atoms with Crippen LogP contribution in [-0.4, -0.2) is 4.98 Å². The van der Waals surface area contributed by atoms with Gasteiger partial charge in [0.2, 0.25) is 0 Å². The van der Waals surface area contributed by atoms with Gasteiger partial charge in [-0.05, 0) is 12.8 Å². The number of rotatable bonds is 1. The van der Waals surface area contributed by atoms with E-state index in [4.69, 9.17) is 0 Å². The van der Waals surface area contributed by atoms with Crippen LogP contribution in [0.25, 0.3) is 0 Å². The topological polar surface area (TPSA) is 32.9 Å². The molecule has 0 amide bonds. The van der Waals surface area contributed by atoms with E-state index in [9.17, 15) is 4.79 Å². The molecule has 0 aliphatic rings. The monoisotopic (exact) mass is 151 g/mol. The molecule has 1 rings (SSSR count). The average molecular weight is 151 g/mol. The smallest absolute Gasteiger partial charge is 0.187 e. The van der Waals surface area contributed by atoms with Crippen molar-refractivity contribution >= 4 is 0 Å². The Morgan fingerprint density at radius 2 is 2.00 bits per heavy atom. The van der Waals surface area contributed by atoms with E-state index in [2.05, 4.69) is 4.98 Å². The predicted molar refractivity (Wildman–Crippen MR) is 45.9 cm³/mol. The maximum Gasteiger partial charge on any atom is 0.187 e. The number of hydrogen-bond acceptors (Lipinski definition) is 1. The summed E-state index contributed by atoms with van der Waals surface area (Å²) in [5, 5.41) is 0. The van der Waals surface area contributed by atoms with Gasteiger partial charge in [-0.15, -0.1) is 0 Å². The van der Waals surface area contributed by atoms with Crippen molar-refractivity contribution in [2.45, 2.75) is 26.7 Å². The number of nitrogens with one attached hydrogen (secondary N) is 1. The molecule has 0 saturated carbocycles. The molecule has 1 aromatic rings. The molecule has 0 aromatic carbocycles. The number of pyridine rings is 1. The van der Waals surface area contributed by atoms with E-state index in [0.717, 1.165) is 11.1 Å². The van der Waals surface area contributed by atoms with Crippen molar-refractivity contribution in [2.75, 3.05) is 0 Å². The SMILES string of the molecule is Cc1c[nH]cc(C(C)C)c1=O. The summed E-state index contributed by atoms with van der Waals surface area (Å²) < 4.78 is 0. The highest BCUT2D eigenvalue weighted by atomic mass is 16.1. The molecule has 11 heavy (non-hydrogen) atoms. The lowest BCUT2D eigenvalue weighted by atomic mass is 10.0. The molecule has 0 bridgehead atoms. The number of hydrogen-bond donors (Lipinski definition) is 1. The fraction of sp³-hybridized carbons (Fsp3) is 0.444. The molecule has 0 unspecified atom stereocenters. The summed E-state index contributed by atoms with van der Waals surface area (Å²) in [4.78, 5) is 14.3. The van der Waals surface area contributed by atoms with Crippen molar-refractivity contribution in [3.63, 3.8) is 0 Å². The van der Waals surface area contributed by atoms with Crippen LogP contribution >= 0.6 is 0 Å². The maximum absolute atomic E-state index is 11.4. The number of aryl methyl sites for hydroxylation is 1. The second-order valence-corrected chi connectivity index (χ2v) is 3.08. The van der Waals surface area contributed by atoms with Crippen LogP contribution in [0.1, 0.15) is 30.9 Å². The fourth-order valence-electron chi connectivity index (χ4n) is 1.04. The van der Waals surface area contributed by atoms with E-state index in [1.165, 1.54) is 0 Å². The molecule has 2 heteroatoms. The van der Waals surface area contributed by atoms with Crippen LogP contribution in [0.3, 0.4) is 0 Å². The Bertz CT molecular complexity index is 299. The Kier molecular flexibility index (Phi) is 2.13. The summed E-state index contributed by atoms with van der Waals surface area (Å²) in [5.74, 6) is 0.304. The van der Waals surface area contributed by atoms with Crippen molar-refractivity contribution in [3.8, 4) is 0 Å². The largest absolute Gasteiger partial charge is 0.367 e. The second-order valence-electron chi connectivity index (χ2n) is 3.08. The minimum absolute atomic E-state index is 0.166. The molecule has 0 aliphatic heterocycles. The molecule has 1 N–H and O–H groups in total. The first kappa shape index (κ1) is 8.05. The van der Waals surface area contributed by atoms with Crippen molar-refractivity contribution in [1.29, 1.82) is 0 Å². The van der Waals surface area contributed by atoms with Gasteiger partial charge in [0.1, 0.15) is 0 Å². The predicted octanol–water partition coefficient (Wildman–Crippen LogP) is 1.81. The van der Waals surface area contributed by atoms with Gasteiger partial charge in [-0.1, -0.05) is 13.8 Å². The average Bonchev–Trinajstić information content (AvgIpc) is 1.94. The summed E-state index contributed by atoms with van der Waals surface area (Å²) in [7, 11) is 0. The third-order valence-corrected chi connectivity index (χ3v) is 1.78. The summed E-state index contributed by atoms with van der Waals surface area (Å²) in [6, 6.07) is 0. The standard InChI is InChI=1S/C9H13NO/c1-6(2)8-5-10-4-7(3)9(8)11/h4-6H,1-3H3,(H,10,11). The van der Waals surface area contributed by atoms with Gasteiger partial charge in [0.05, 0.1) is 0 Å². The molecular weight excluding hydrogens is 138 g/mol. The van der Waals surface area contributed by atoms with E-state index < -0.39 is 0 Å². The van der Waals surface area contributed by atoms with Crippen molar-refractivity contribution in [2.24, 2.45) is 0 Å². The summed E-state index contributed by atoms with van der Waals surface area (Å²) >= 11 is 0.